The van der Waals surface area contributed by atoms with Crippen molar-refractivity contribution < 1.29 is 28.2 Å². The van der Waals surface area contributed by atoms with Crippen LogP contribution in [0.5, 0.6) is 5.75 Å². The molecular formula is C26H24FN3O5S. The minimum Gasteiger partial charge on any atom is -0.496 e. The fraction of sp³-hybridized carbons (Fsp3) is 0.231. The first-order chi connectivity index (χ1) is 17.0. The van der Waals surface area contributed by atoms with E-state index in [1.165, 1.54) is 37.4 Å². The molecule has 1 heterocycles. The third-order valence-corrected chi connectivity index (χ3v) is 5.76. The number of nitriles is 1. The van der Waals surface area contributed by atoms with Gasteiger partial charge in [-0.25, -0.2) is 9.18 Å². The molecule has 3 rings (SSSR count). The van der Waals surface area contributed by atoms with Crippen LogP contribution in [-0.2, 0) is 9.53 Å². The molecule has 0 bridgehead atoms. The van der Waals surface area contributed by atoms with E-state index < -0.39 is 35.6 Å². The number of nitrogens with zero attached hydrogens (tertiary/aromatic N) is 1. The highest BCUT2D eigenvalue weighted by molar-refractivity contribution is 7.14. The first-order valence-electron chi connectivity index (χ1n) is 10.8. The first-order valence-corrected chi connectivity index (χ1v) is 11.6. The van der Waals surface area contributed by atoms with Gasteiger partial charge in [0.05, 0.1) is 29.8 Å². The average molecular weight is 510 g/mol. The van der Waals surface area contributed by atoms with Gasteiger partial charge in [0, 0.05) is 17.2 Å². The lowest BCUT2D eigenvalue weighted by Gasteiger charge is -2.21. The van der Waals surface area contributed by atoms with Gasteiger partial charge in [0.2, 0.25) is 5.91 Å². The van der Waals surface area contributed by atoms with Crippen LogP contribution in [0.3, 0.4) is 0 Å². The number of halogens is 1. The van der Waals surface area contributed by atoms with E-state index in [-0.39, 0.29) is 27.6 Å². The van der Waals surface area contributed by atoms with Gasteiger partial charge in [-0.3, -0.25) is 14.9 Å². The fourth-order valence-corrected chi connectivity index (χ4v) is 3.98. The number of amides is 2. The van der Waals surface area contributed by atoms with E-state index >= 15 is 0 Å². The number of nitrogens with one attached hydrogen (secondary N) is 2. The van der Waals surface area contributed by atoms with Gasteiger partial charge in [0.15, 0.2) is 5.78 Å². The molecule has 186 valence electrons. The predicted octanol–water partition coefficient (Wildman–Crippen LogP) is 5.99. The lowest BCUT2D eigenvalue weighted by molar-refractivity contribution is -0.115. The van der Waals surface area contributed by atoms with Crippen molar-refractivity contribution >= 4 is 40.5 Å². The number of ketones is 1. The number of Topliss-reactive ketones (excluding diaryl/α,β-unsaturated/α-hetero) is 1. The summed E-state index contributed by atoms with van der Waals surface area (Å²) in [6, 6.07) is 13.8. The first kappa shape index (κ1) is 26.4. The van der Waals surface area contributed by atoms with Gasteiger partial charge in [0.1, 0.15) is 28.1 Å². The Balaban J connectivity index is 1.96. The van der Waals surface area contributed by atoms with E-state index in [1.807, 2.05) is 6.07 Å². The number of hydrogen-bond donors (Lipinski definition) is 2. The lowest BCUT2D eigenvalue weighted by Crippen LogP contribution is -2.27. The van der Waals surface area contributed by atoms with Crippen LogP contribution in [-0.4, -0.2) is 30.5 Å². The monoisotopic (exact) mass is 509 g/mol. The molecule has 0 radical (unpaired) electrons. The minimum absolute atomic E-state index is 0.113. The van der Waals surface area contributed by atoms with Gasteiger partial charge in [0.25, 0.3) is 0 Å². The predicted molar refractivity (Wildman–Crippen MR) is 135 cm³/mol. The molecule has 0 atom stereocenters. The van der Waals surface area contributed by atoms with E-state index in [0.717, 1.165) is 11.3 Å². The summed E-state index contributed by atoms with van der Waals surface area (Å²) in [6.45, 7) is 5.10. The Bertz CT molecular complexity index is 1350. The highest BCUT2D eigenvalue weighted by atomic mass is 32.1. The summed E-state index contributed by atoms with van der Waals surface area (Å²) in [4.78, 5) is 38.3. The van der Waals surface area contributed by atoms with E-state index in [4.69, 9.17) is 14.7 Å². The Kier molecular flexibility index (Phi) is 8.07. The Morgan fingerprint density at radius 2 is 1.72 bits per heavy atom. The number of methoxy groups -OCH3 is 1. The van der Waals surface area contributed by atoms with Crippen LogP contribution in [0.2, 0.25) is 0 Å². The summed E-state index contributed by atoms with van der Waals surface area (Å²) in [5.74, 6) is -1.41. The molecule has 1 aromatic heterocycles. The Labute approximate surface area is 211 Å². The molecule has 0 saturated heterocycles. The normalized spacial score (nSPS) is 10.8. The third kappa shape index (κ3) is 6.67. The van der Waals surface area contributed by atoms with Crippen molar-refractivity contribution in [3.05, 3.63) is 64.1 Å². The molecule has 0 aliphatic carbocycles. The van der Waals surface area contributed by atoms with Crippen molar-refractivity contribution in [1.82, 2.24) is 0 Å². The van der Waals surface area contributed by atoms with Crippen molar-refractivity contribution in [3.8, 4) is 22.9 Å². The number of thiophene rings is 1. The Morgan fingerprint density at radius 1 is 1.03 bits per heavy atom. The molecule has 10 heteroatoms. The lowest BCUT2D eigenvalue weighted by atomic mass is 10.0. The van der Waals surface area contributed by atoms with Gasteiger partial charge >= 0.3 is 6.09 Å². The summed E-state index contributed by atoms with van der Waals surface area (Å²) in [5.41, 5.74) is 0.00262. The van der Waals surface area contributed by atoms with Crippen LogP contribution in [0.15, 0.2) is 48.5 Å². The number of rotatable bonds is 7. The smallest absolute Gasteiger partial charge is 0.412 e. The van der Waals surface area contributed by atoms with Crippen LogP contribution in [0.25, 0.3) is 11.1 Å². The summed E-state index contributed by atoms with van der Waals surface area (Å²) in [7, 11) is 1.39. The van der Waals surface area contributed by atoms with Gasteiger partial charge in [-0.2, -0.15) is 5.26 Å². The summed E-state index contributed by atoms with van der Waals surface area (Å²) in [6.07, 6.45) is -1.28. The molecule has 0 saturated carbocycles. The standard InChI is InChI=1S/C26H24FN3O5S/c1-26(2,3)35-25(33)30-20-12-22(34-4)17(16-7-5-6-8-18(16)27)11-19(20)29-24(32)13-21(31)23-10-9-15(14-28)36-23/h5-12H,13H2,1-4H3,(H,29,32)(H,30,33). The SMILES string of the molecule is COc1cc(NC(=O)OC(C)(C)C)c(NC(=O)CC(=O)c2ccc(C#N)s2)cc1-c1ccccc1F. The molecule has 0 unspecified atom stereocenters. The van der Waals surface area contributed by atoms with Gasteiger partial charge in [-0.05, 0) is 45.0 Å². The van der Waals surface area contributed by atoms with Gasteiger partial charge in [-0.15, -0.1) is 11.3 Å². The van der Waals surface area contributed by atoms with E-state index in [9.17, 15) is 18.8 Å². The van der Waals surface area contributed by atoms with E-state index in [1.54, 1.807) is 39.0 Å². The molecule has 2 aromatic carbocycles. The van der Waals surface area contributed by atoms with Crippen molar-refractivity contribution in [2.45, 2.75) is 32.8 Å². The van der Waals surface area contributed by atoms with Crippen molar-refractivity contribution in [3.63, 3.8) is 0 Å². The van der Waals surface area contributed by atoms with Crippen molar-refractivity contribution in [2.24, 2.45) is 0 Å². The third-order valence-electron chi connectivity index (χ3n) is 4.73. The minimum atomic E-state index is -0.780. The zero-order chi connectivity index (χ0) is 26.5. The maximum Gasteiger partial charge on any atom is 0.412 e. The molecule has 8 nitrogen and oxygen atoms in total. The number of hydrogen-bond acceptors (Lipinski definition) is 7. The van der Waals surface area contributed by atoms with Crippen LogP contribution >= 0.6 is 11.3 Å². The number of ether oxygens (including phenoxy) is 2. The number of anilines is 2. The quantitative estimate of drug-likeness (QED) is 0.298. The zero-order valence-electron chi connectivity index (χ0n) is 20.1. The molecular weight excluding hydrogens is 485 g/mol. The second kappa shape index (κ2) is 11.0. The Morgan fingerprint density at radius 3 is 2.33 bits per heavy atom. The number of carbonyl (C=O) groups excluding carboxylic acids is 3. The van der Waals surface area contributed by atoms with Gasteiger partial charge in [-0.1, -0.05) is 18.2 Å². The molecule has 3 aromatic rings. The van der Waals surface area contributed by atoms with Crippen LogP contribution in [0.4, 0.5) is 20.6 Å². The van der Waals surface area contributed by atoms with Crippen LogP contribution in [0.1, 0.15) is 41.7 Å². The summed E-state index contributed by atoms with van der Waals surface area (Å²) in [5, 5.41) is 14.1. The summed E-state index contributed by atoms with van der Waals surface area (Å²) < 4.78 is 25.3. The molecule has 0 fully saturated rings. The fourth-order valence-electron chi connectivity index (χ4n) is 3.23. The number of carbonyl (C=O) groups is 3. The van der Waals surface area contributed by atoms with Gasteiger partial charge < -0.3 is 14.8 Å². The average Bonchev–Trinajstić information content (AvgIpc) is 3.28. The zero-order valence-corrected chi connectivity index (χ0v) is 20.9. The van der Waals surface area contributed by atoms with E-state index in [0.29, 0.717) is 10.4 Å². The van der Waals surface area contributed by atoms with Crippen LogP contribution in [0, 0.1) is 17.1 Å². The molecule has 2 amide bonds. The van der Waals surface area contributed by atoms with E-state index in [2.05, 4.69) is 10.6 Å². The summed E-state index contributed by atoms with van der Waals surface area (Å²) >= 11 is 0.990. The van der Waals surface area contributed by atoms with Crippen molar-refractivity contribution in [2.75, 3.05) is 17.7 Å². The largest absolute Gasteiger partial charge is 0.496 e. The maximum absolute atomic E-state index is 14.6. The number of benzene rings is 2. The highest BCUT2D eigenvalue weighted by Gasteiger charge is 2.22. The molecule has 36 heavy (non-hydrogen) atoms. The second-order valence-electron chi connectivity index (χ2n) is 8.63. The van der Waals surface area contributed by atoms with Crippen LogP contribution < -0.4 is 15.4 Å². The Hall–Kier alpha value is -4.23. The molecule has 0 aliphatic rings. The molecule has 0 spiro atoms. The van der Waals surface area contributed by atoms with Crippen molar-refractivity contribution in [1.29, 1.82) is 5.26 Å². The highest BCUT2D eigenvalue weighted by Crippen LogP contribution is 2.39. The maximum atomic E-state index is 14.6. The second-order valence-corrected chi connectivity index (χ2v) is 9.71. The molecule has 0 aliphatic heterocycles. The topological polar surface area (TPSA) is 118 Å². The molecule has 2 N–H and O–H groups in total.